The van der Waals surface area contributed by atoms with E-state index < -0.39 is 12.1 Å². The van der Waals surface area contributed by atoms with E-state index >= 15 is 0 Å². The lowest BCUT2D eigenvalue weighted by atomic mass is 9.92. The van der Waals surface area contributed by atoms with Crippen molar-refractivity contribution in [3.8, 4) is 0 Å². The maximum Gasteiger partial charge on any atom is 0.328 e. The molecular formula is C29H57NO4. The van der Waals surface area contributed by atoms with Crippen LogP contribution < -0.4 is 5.32 Å². The minimum absolute atomic E-state index is 0.195. The molecule has 0 radical (unpaired) electrons. The monoisotopic (exact) mass is 483 g/mol. The molecule has 5 nitrogen and oxygen atoms in total. The fourth-order valence-corrected chi connectivity index (χ4v) is 4.53. The van der Waals surface area contributed by atoms with Crippen LogP contribution in [-0.2, 0) is 14.3 Å². The summed E-state index contributed by atoms with van der Waals surface area (Å²) in [6.07, 6.45) is 18.6. The first-order valence-corrected chi connectivity index (χ1v) is 14.4. The van der Waals surface area contributed by atoms with Gasteiger partial charge in [-0.25, -0.2) is 4.79 Å². The summed E-state index contributed by atoms with van der Waals surface area (Å²) in [5, 5.41) is 13.4. The van der Waals surface area contributed by atoms with Crippen LogP contribution in [0.4, 0.5) is 0 Å². The molecule has 0 bridgehead atoms. The Bertz CT molecular complexity index is 483. The third-order valence-electron chi connectivity index (χ3n) is 6.85. The lowest BCUT2D eigenvalue weighted by Gasteiger charge is -2.26. The molecule has 0 rings (SSSR count). The predicted molar refractivity (Wildman–Crippen MR) is 143 cm³/mol. The van der Waals surface area contributed by atoms with E-state index in [1.54, 1.807) is 0 Å². The van der Waals surface area contributed by atoms with Crippen LogP contribution in [0.1, 0.15) is 144 Å². The van der Waals surface area contributed by atoms with Crippen LogP contribution in [0.2, 0.25) is 0 Å². The largest absolute Gasteiger partial charge is 0.461 e. The molecule has 0 aromatic heterocycles. The number of hydrogen-bond donors (Lipinski definition) is 2. The zero-order valence-electron chi connectivity index (χ0n) is 23.2. The second-order valence-corrected chi connectivity index (χ2v) is 10.8. The lowest BCUT2D eigenvalue weighted by Crippen LogP contribution is -2.40. The van der Waals surface area contributed by atoms with Crippen LogP contribution in [0, 0.1) is 11.8 Å². The number of hydrogen-bond acceptors (Lipinski definition) is 4. The number of ether oxygens (including phenoxy) is 1. The third kappa shape index (κ3) is 18.3. The quantitative estimate of drug-likeness (QED) is 0.0855. The fourth-order valence-electron chi connectivity index (χ4n) is 4.53. The van der Waals surface area contributed by atoms with E-state index in [1.807, 2.05) is 13.8 Å². The summed E-state index contributed by atoms with van der Waals surface area (Å²) in [5.74, 6) is 0.0970. The number of amides is 1. The Balaban J connectivity index is 4.71. The van der Waals surface area contributed by atoms with E-state index in [-0.39, 0.29) is 23.9 Å². The maximum atomic E-state index is 12.8. The Labute approximate surface area is 211 Å². The fraction of sp³-hybridized carbons (Fsp3) is 0.931. The van der Waals surface area contributed by atoms with Crippen molar-refractivity contribution < 1.29 is 19.4 Å². The molecule has 0 aliphatic carbocycles. The zero-order chi connectivity index (χ0) is 25.6. The number of rotatable bonds is 24. The summed E-state index contributed by atoms with van der Waals surface area (Å²) in [5.41, 5.74) is 0. The average molecular weight is 484 g/mol. The van der Waals surface area contributed by atoms with Crippen molar-refractivity contribution in [2.45, 2.75) is 162 Å². The molecule has 0 saturated carbocycles. The van der Waals surface area contributed by atoms with Crippen LogP contribution in [0.3, 0.4) is 0 Å². The molecule has 0 fully saturated rings. The molecule has 2 N–H and O–H groups in total. The number of nitrogens with one attached hydrogen (secondary N) is 1. The van der Waals surface area contributed by atoms with Gasteiger partial charge in [0.2, 0.25) is 6.41 Å². The number of aliphatic hydroxyl groups excluding tert-OH is 1. The predicted octanol–water partition coefficient (Wildman–Crippen LogP) is 7.34. The summed E-state index contributed by atoms with van der Waals surface area (Å²) < 4.78 is 5.88. The molecule has 1 amide bonds. The topological polar surface area (TPSA) is 75.6 Å². The van der Waals surface area contributed by atoms with Crippen molar-refractivity contribution in [1.82, 2.24) is 5.32 Å². The molecule has 34 heavy (non-hydrogen) atoms. The van der Waals surface area contributed by atoms with Crippen LogP contribution in [-0.4, -0.2) is 35.7 Å². The van der Waals surface area contributed by atoms with Crippen LogP contribution >= 0.6 is 0 Å². The van der Waals surface area contributed by atoms with Crippen molar-refractivity contribution in [2.24, 2.45) is 11.8 Å². The summed E-state index contributed by atoms with van der Waals surface area (Å²) in [6.45, 7) is 10.6. The van der Waals surface area contributed by atoms with Gasteiger partial charge in [0.1, 0.15) is 12.1 Å². The highest BCUT2D eigenvalue weighted by molar-refractivity contribution is 5.78. The van der Waals surface area contributed by atoms with Gasteiger partial charge in [-0.1, -0.05) is 112 Å². The second kappa shape index (κ2) is 22.4. The standard InChI is InChI=1S/C29H57NO4/c1-6-8-10-12-13-14-15-16-18-20-26(22-28(32)25(5)19-17-11-9-7-2)34-29(33)27(30-23-31)21-24(3)4/h23-28,32H,6-22H2,1-5H3,(H,30,31)/t25-,26-,27-,28-/m0/s1. The first kappa shape index (κ1) is 32.9. The average Bonchev–Trinajstić information content (AvgIpc) is 2.79. The molecule has 0 aromatic rings. The van der Waals surface area contributed by atoms with Crippen molar-refractivity contribution in [2.75, 3.05) is 0 Å². The van der Waals surface area contributed by atoms with E-state index in [1.165, 1.54) is 64.2 Å². The van der Waals surface area contributed by atoms with Crippen LogP contribution in [0.5, 0.6) is 0 Å². The number of carbonyl (C=O) groups excluding carboxylic acids is 2. The number of carbonyl (C=O) groups is 2. The minimum Gasteiger partial charge on any atom is -0.461 e. The Morgan fingerprint density at radius 1 is 0.794 bits per heavy atom. The molecule has 0 aromatic carbocycles. The zero-order valence-corrected chi connectivity index (χ0v) is 23.2. The first-order chi connectivity index (χ1) is 16.3. The van der Waals surface area contributed by atoms with Gasteiger partial charge in [0.25, 0.3) is 0 Å². The Kier molecular flexibility index (Phi) is 21.6. The SMILES string of the molecule is CCCCCCCCCCC[C@@H](C[C@H](O)[C@@H](C)CCCCCC)OC(=O)[C@H](CC(C)C)NC=O. The van der Waals surface area contributed by atoms with Gasteiger partial charge in [-0.3, -0.25) is 4.79 Å². The van der Waals surface area contributed by atoms with Crippen molar-refractivity contribution in [3.05, 3.63) is 0 Å². The number of aliphatic hydroxyl groups is 1. The Morgan fingerprint density at radius 2 is 1.29 bits per heavy atom. The molecule has 0 heterocycles. The number of unbranched alkanes of at least 4 members (excludes halogenated alkanes) is 11. The van der Waals surface area contributed by atoms with Crippen molar-refractivity contribution >= 4 is 12.4 Å². The molecule has 0 spiro atoms. The molecule has 4 atom stereocenters. The highest BCUT2D eigenvalue weighted by atomic mass is 16.5. The molecule has 5 heteroatoms. The van der Waals surface area contributed by atoms with Crippen LogP contribution in [0.15, 0.2) is 0 Å². The molecule has 0 unspecified atom stereocenters. The van der Waals surface area contributed by atoms with Gasteiger partial charge in [0, 0.05) is 6.42 Å². The molecular weight excluding hydrogens is 426 g/mol. The van der Waals surface area contributed by atoms with Crippen LogP contribution in [0.25, 0.3) is 0 Å². The van der Waals surface area contributed by atoms with Gasteiger partial charge < -0.3 is 15.2 Å². The van der Waals surface area contributed by atoms with E-state index in [0.29, 0.717) is 19.3 Å². The summed E-state index contributed by atoms with van der Waals surface area (Å²) in [7, 11) is 0. The molecule has 0 aliphatic heterocycles. The highest BCUT2D eigenvalue weighted by Crippen LogP contribution is 2.22. The highest BCUT2D eigenvalue weighted by Gasteiger charge is 2.27. The van der Waals surface area contributed by atoms with Crippen molar-refractivity contribution in [3.63, 3.8) is 0 Å². The maximum absolute atomic E-state index is 12.8. The summed E-state index contributed by atoms with van der Waals surface area (Å²) in [4.78, 5) is 23.8. The smallest absolute Gasteiger partial charge is 0.328 e. The first-order valence-electron chi connectivity index (χ1n) is 14.4. The van der Waals surface area contributed by atoms with Gasteiger partial charge in [0.05, 0.1) is 6.10 Å². The van der Waals surface area contributed by atoms with E-state index in [4.69, 9.17) is 4.74 Å². The Morgan fingerprint density at radius 3 is 1.82 bits per heavy atom. The van der Waals surface area contributed by atoms with Gasteiger partial charge in [-0.15, -0.1) is 0 Å². The van der Waals surface area contributed by atoms with E-state index in [0.717, 1.165) is 32.1 Å². The van der Waals surface area contributed by atoms with Gasteiger partial charge in [-0.05, 0) is 37.5 Å². The number of esters is 1. The summed E-state index contributed by atoms with van der Waals surface area (Å²) >= 11 is 0. The van der Waals surface area contributed by atoms with E-state index in [9.17, 15) is 14.7 Å². The second-order valence-electron chi connectivity index (χ2n) is 10.8. The third-order valence-corrected chi connectivity index (χ3v) is 6.85. The van der Waals surface area contributed by atoms with Gasteiger partial charge in [-0.2, -0.15) is 0 Å². The lowest BCUT2D eigenvalue weighted by molar-refractivity contribution is -0.155. The van der Waals surface area contributed by atoms with Crippen molar-refractivity contribution in [1.29, 1.82) is 0 Å². The molecule has 202 valence electrons. The van der Waals surface area contributed by atoms with E-state index in [2.05, 4.69) is 26.1 Å². The molecule has 0 saturated heterocycles. The Hall–Kier alpha value is -1.10. The molecule has 0 aliphatic rings. The van der Waals surface area contributed by atoms with Gasteiger partial charge >= 0.3 is 5.97 Å². The normalized spacial score (nSPS) is 15.0. The van der Waals surface area contributed by atoms with Gasteiger partial charge in [0.15, 0.2) is 0 Å². The minimum atomic E-state index is -0.619. The summed E-state index contributed by atoms with van der Waals surface area (Å²) in [6, 6.07) is -0.619.